The van der Waals surface area contributed by atoms with Gasteiger partial charge in [-0.05, 0) is 12.5 Å². The largest absolute Gasteiger partial charge is 0.465 e. The highest BCUT2D eigenvalue weighted by atomic mass is 32.1. The fourth-order valence-electron chi connectivity index (χ4n) is 1.34. The van der Waals surface area contributed by atoms with Gasteiger partial charge in [-0.15, -0.1) is 11.3 Å². The van der Waals surface area contributed by atoms with Gasteiger partial charge in [-0.3, -0.25) is 4.79 Å². The Labute approximate surface area is 98.6 Å². The van der Waals surface area contributed by atoms with E-state index in [9.17, 15) is 9.59 Å². The number of carbonyl (C=O) groups is 2. The van der Waals surface area contributed by atoms with E-state index in [0.29, 0.717) is 4.88 Å². The monoisotopic (exact) mass is 241 g/mol. The molecule has 5 heteroatoms. The number of hydrogen-bond acceptors (Lipinski definition) is 4. The molecule has 0 aliphatic heterocycles. The predicted molar refractivity (Wildman–Crippen MR) is 64.0 cm³/mol. The van der Waals surface area contributed by atoms with Gasteiger partial charge in [0.1, 0.15) is 4.88 Å². The smallest absolute Gasteiger partial charge is 0.348 e. The molecule has 0 aliphatic rings. The van der Waals surface area contributed by atoms with Crippen molar-refractivity contribution in [1.29, 1.82) is 0 Å². The Morgan fingerprint density at radius 1 is 1.50 bits per heavy atom. The van der Waals surface area contributed by atoms with Crippen LogP contribution in [0.15, 0.2) is 6.07 Å². The lowest BCUT2D eigenvalue weighted by Crippen LogP contribution is -2.06. The molecule has 0 aromatic carbocycles. The topological polar surface area (TPSA) is 55.4 Å². The third kappa shape index (κ3) is 3.06. The van der Waals surface area contributed by atoms with Gasteiger partial charge in [0.15, 0.2) is 0 Å². The number of anilines is 1. The maximum atomic E-state index is 11.3. The molecule has 1 N–H and O–H groups in total. The van der Waals surface area contributed by atoms with Crippen LogP contribution in [0.4, 0.5) is 5.69 Å². The summed E-state index contributed by atoms with van der Waals surface area (Å²) in [6.45, 7) is 3.50. The molecule has 0 radical (unpaired) electrons. The minimum Gasteiger partial charge on any atom is -0.465 e. The molecule has 88 valence electrons. The lowest BCUT2D eigenvalue weighted by molar-refractivity contribution is -0.114. The standard InChI is InChI=1S/C11H15NO3S/c1-4-5-9-8(12-7(2)13)6-10(16-9)11(14)15-3/h6H,4-5H2,1-3H3,(H,12,13). The van der Waals surface area contributed by atoms with E-state index in [1.54, 1.807) is 6.07 Å². The summed E-state index contributed by atoms with van der Waals surface area (Å²) >= 11 is 1.37. The third-order valence-electron chi connectivity index (χ3n) is 1.98. The molecule has 0 spiro atoms. The SMILES string of the molecule is CCCc1sc(C(=O)OC)cc1NC(C)=O. The van der Waals surface area contributed by atoms with Crippen LogP contribution < -0.4 is 5.32 Å². The number of esters is 1. The summed E-state index contributed by atoms with van der Waals surface area (Å²) in [5, 5.41) is 2.72. The van der Waals surface area contributed by atoms with Crippen molar-refractivity contribution in [1.82, 2.24) is 0 Å². The number of rotatable bonds is 4. The summed E-state index contributed by atoms with van der Waals surface area (Å²) in [7, 11) is 1.35. The third-order valence-corrected chi connectivity index (χ3v) is 3.16. The maximum absolute atomic E-state index is 11.3. The molecule has 1 rings (SSSR count). The molecule has 0 atom stereocenters. The molecule has 0 saturated carbocycles. The van der Waals surface area contributed by atoms with Crippen LogP contribution in [0, 0.1) is 0 Å². The Balaban J connectivity index is 2.99. The van der Waals surface area contributed by atoms with E-state index in [0.717, 1.165) is 23.4 Å². The molecule has 0 aliphatic carbocycles. The average Bonchev–Trinajstić information content (AvgIpc) is 2.60. The van der Waals surface area contributed by atoms with Crippen molar-refractivity contribution in [3.05, 3.63) is 15.8 Å². The van der Waals surface area contributed by atoms with Crippen LogP contribution in [0.1, 0.15) is 34.8 Å². The lowest BCUT2D eigenvalue weighted by Gasteiger charge is -2.01. The Kier molecular flexibility index (Phi) is 4.49. The first-order valence-corrected chi connectivity index (χ1v) is 5.88. The van der Waals surface area contributed by atoms with Gasteiger partial charge in [-0.25, -0.2) is 4.79 Å². The zero-order chi connectivity index (χ0) is 12.1. The van der Waals surface area contributed by atoms with E-state index in [1.807, 2.05) is 0 Å². The number of hydrogen-bond donors (Lipinski definition) is 1. The average molecular weight is 241 g/mol. The van der Waals surface area contributed by atoms with E-state index < -0.39 is 0 Å². The molecule has 4 nitrogen and oxygen atoms in total. The summed E-state index contributed by atoms with van der Waals surface area (Å²) in [4.78, 5) is 23.9. The minimum atomic E-state index is -0.362. The van der Waals surface area contributed by atoms with Crippen LogP contribution in [0.3, 0.4) is 0 Å². The van der Waals surface area contributed by atoms with Crippen LogP contribution in [0.2, 0.25) is 0 Å². The number of carbonyl (C=O) groups excluding carboxylic acids is 2. The first kappa shape index (κ1) is 12.7. The summed E-state index contributed by atoms with van der Waals surface area (Å²) in [5.74, 6) is -0.495. The van der Waals surface area contributed by atoms with Crippen molar-refractivity contribution >= 4 is 28.9 Å². The van der Waals surface area contributed by atoms with Gasteiger partial charge in [-0.1, -0.05) is 13.3 Å². The fraction of sp³-hybridized carbons (Fsp3) is 0.455. The zero-order valence-electron chi connectivity index (χ0n) is 9.62. The van der Waals surface area contributed by atoms with E-state index in [2.05, 4.69) is 17.0 Å². The highest BCUT2D eigenvalue weighted by Gasteiger charge is 2.15. The van der Waals surface area contributed by atoms with Gasteiger partial charge in [0.2, 0.25) is 5.91 Å². The second kappa shape index (κ2) is 5.65. The van der Waals surface area contributed by atoms with Crippen LogP contribution >= 0.6 is 11.3 Å². The predicted octanol–water partition coefficient (Wildman–Crippen LogP) is 2.45. The number of amides is 1. The van der Waals surface area contributed by atoms with Crippen molar-refractivity contribution in [2.24, 2.45) is 0 Å². The summed E-state index contributed by atoms with van der Waals surface area (Å²) in [5.41, 5.74) is 0.722. The molecule has 16 heavy (non-hydrogen) atoms. The van der Waals surface area contributed by atoms with Crippen LogP contribution in [-0.4, -0.2) is 19.0 Å². The molecule has 0 unspecified atom stereocenters. The quantitative estimate of drug-likeness (QED) is 0.824. The maximum Gasteiger partial charge on any atom is 0.348 e. The van der Waals surface area contributed by atoms with Crippen molar-refractivity contribution in [2.75, 3.05) is 12.4 Å². The van der Waals surface area contributed by atoms with Crippen molar-refractivity contribution in [3.63, 3.8) is 0 Å². The van der Waals surface area contributed by atoms with Crippen LogP contribution in [-0.2, 0) is 16.0 Å². The molecule has 0 bridgehead atoms. The van der Waals surface area contributed by atoms with Gasteiger partial charge >= 0.3 is 5.97 Å². The summed E-state index contributed by atoms with van der Waals surface area (Å²) in [6.07, 6.45) is 1.81. The van der Waals surface area contributed by atoms with E-state index in [4.69, 9.17) is 0 Å². The lowest BCUT2D eigenvalue weighted by atomic mass is 10.2. The molecular weight excluding hydrogens is 226 g/mol. The summed E-state index contributed by atoms with van der Waals surface area (Å²) in [6, 6.07) is 1.67. The molecule has 1 heterocycles. The van der Waals surface area contributed by atoms with E-state index in [-0.39, 0.29) is 11.9 Å². The summed E-state index contributed by atoms with van der Waals surface area (Å²) < 4.78 is 4.65. The number of ether oxygens (including phenoxy) is 1. The fourth-order valence-corrected chi connectivity index (χ4v) is 2.47. The Morgan fingerprint density at radius 3 is 2.69 bits per heavy atom. The molecule has 0 fully saturated rings. The minimum absolute atomic E-state index is 0.133. The van der Waals surface area contributed by atoms with Crippen molar-refractivity contribution in [2.45, 2.75) is 26.7 Å². The van der Waals surface area contributed by atoms with Gasteiger partial charge in [0.05, 0.1) is 12.8 Å². The normalized spacial score (nSPS) is 9.94. The molecule has 1 aromatic rings. The number of nitrogens with one attached hydrogen (secondary N) is 1. The number of methoxy groups -OCH3 is 1. The Morgan fingerprint density at radius 2 is 2.19 bits per heavy atom. The molecule has 1 amide bonds. The van der Waals surface area contributed by atoms with Gasteiger partial charge in [-0.2, -0.15) is 0 Å². The molecule has 1 aromatic heterocycles. The van der Waals surface area contributed by atoms with Crippen LogP contribution in [0.25, 0.3) is 0 Å². The van der Waals surface area contributed by atoms with Gasteiger partial charge < -0.3 is 10.1 Å². The second-order valence-electron chi connectivity index (χ2n) is 3.37. The zero-order valence-corrected chi connectivity index (χ0v) is 10.4. The molecule has 0 saturated heterocycles. The second-order valence-corrected chi connectivity index (χ2v) is 4.51. The van der Waals surface area contributed by atoms with Crippen molar-refractivity contribution in [3.8, 4) is 0 Å². The molecular formula is C11H15NO3S. The first-order valence-electron chi connectivity index (χ1n) is 5.07. The van der Waals surface area contributed by atoms with Crippen molar-refractivity contribution < 1.29 is 14.3 Å². The Bertz CT molecular complexity index is 398. The van der Waals surface area contributed by atoms with Crippen LogP contribution in [0.5, 0.6) is 0 Å². The highest BCUT2D eigenvalue weighted by molar-refractivity contribution is 7.14. The number of thiophene rings is 1. The number of aryl methyl sites for hydroxylation is 1. The van der Waals surface area contributed by atoms with Gasteiger partial charge in [0.25, 0.3) is 0 Å². The van der Waals surface area contributed by atoms with E-state index >= 15 is 0 Å². The van der Waals surface area contributed by atoms with E-state index in [1.165, 1.54) is 25.4 Å². The highest BCUT2D eigenvalue weighted by Crippen LogP contribution is 2.29. The Hall–Kier alpha value is -1.36. The first-order chi connectivity index (χ1) is 7.58. The van der Waals surface area contributed by atoms with Gasteiger partial charge in [0, 0.05) is 11.8 Å².